The fourth-order valence-corrected chi connectivity index (χ4v) is 5.41. The number of aryl methyl sites for hydroxylation is 1. The Morgan fingerprint density at radius 3 is 2.37 bits per heavy atom. The monoisotopic (exact) mass is 506 g/mol. The number of nitrogens with zero attached hydrogens (tertiary/aromatic N) is 5. The van der Waals surface area contributed by atoms with E-state index < -0.39 is 21.8 Å². The number of benzene rings is 3. The minimum Gasteiger partial charge on any atom is -0.280 e. The third-order valence-electron chi connectivity index (χ3n) is 5.32. The van der Waals surface area contributed by atoms with Gasteiger partial charge in [-0.05, 0) is 59.8 Å². The van der Waals surface area contributed by atoms with Crippen LogP contribution in [0.5, 0.6) is 0 Å². The number of hydrogen-bond acceptors (Lipinski definition) is 8. The molecule has 5 rings (SSSR count). The molecule has 3 aromatic carbocycles. The Kier molecular flexibility index (Phi) is 5.83. The van der Waals surface area contributed by atoms with E-state index in [9.17, 15) is 18.0 Å². The van der Waals surface area contributed by atoms with Crippen LogP contribution in [0.3, 0.4) is 0 Å². The maximum absolute atomic E-state index is 13.0. The zero-order valence-electron chi connectivity index (χ0n) is 18.3. The van der Waals surface area contributed by atoms with E-state index in [1.807, 2.05) is 37.3 Å². The topological polar surface area (TPSA) is 127 Å². The van der Waals surface area contributed by atoms with E-state index in [4.69, 9.17) is 0 Å². The summed E-state index contributed by atoms with van der Waals surface area (Å²) in [5.41, 5.74) is 2.20. The van der Waals surface area contributed by atoms with Crippen molar-refractivity contribution in [2.24, 2.45) is 0 Å². The standard InChI is InChI=1S/C23H18N6O4S2/c1-15-7-10-18(11-8-15)35(32,33)25-16-9-12-19-20(13-16)22(31)28(21(19)30)14-34-23-24-26-27-29(23)17-5-3-2-4-6-17/h2-13,25H,14H2,1H3. The highest BCUT2D eigenvalue weighted by atomic mass is 32.2. The number of rotatable bonds is 7. The largest absolute Gasteiger partial charge is 0.280 e. The number of imide groups is 1. The van der Waals surface area contributed by atoms with Crippen molar-refractivity contribution in [3.63, 3.8) is 0 Å². The summed E-state index contributed by atoms with van der Waals surface area (Å²) in [6, 6.07) is 19.9. The second-order valence-corrected chi connectivity index (χ2v) is 10.3. The summed E-state index contributed by atoms with van der Waals surface area (Å²) in [6.45, 7) is 1.86. The predicted octanol–water partition coefficient (Wildman–Crippen LogP) is 3.12. The average Bonchev–Trinajstić information content (AvgIpc) is 3.41. The molecule has 12 heteroatoms. The van der Waals surface area contributed by atoms with Gasteiger partial charge in [-0.3, -0.25) is 19.2 Å². The molecular formula is C23H18N6O4S2. The number of thioether (sulfide) groups is 1. The van der Waals surface area contributed by atoms with Crippen molar-refractivity contribution in [3.8, 4) is 5.69 Å². The number of carbonyl (C=O) groups excluding carboxylic acids is 2. The molecule has 1 N–H and O–H groups in total. The van der Waals surface area contributed by atoms with Crippen molar-refractivity contribution in [2.45, 2.75) is 17.0 Å². The molecule has 0 bridgehead atoms. The summed E-state index contributed by atoms with van der Waals surface area (Å²) < 4.78 is 29.4. The fourth-order valence-electron chi connectivity index (χ4n) is 3.53. The number of sulfonamides is 1. The normalized spacial score (nSPS) is 13.2. The minimum atomic E-state index is -3.85. The summed E-state index contributed by atoms with van der Waals surface area (Å²) in [6.07, 6.45) is 0. The van der Waals surface area contributed by atoms with E-state index in [1.165, 1.54) is 35.0 Å². The number of para-hydroxylation sites is 1. The Bertz CT molecular complexity index is 1540. The molecule has 1 aliphatic rings. The molecule has 0 unspecified atom stereocenters. The van der Waals surface area contributed by atoms with Gasteiger partial charge in [-0.25, -0.2) is 8.42 Å². The maximum Gasteiger partial charge on any atom is 0.262 e. The fraction of sp³-hybridized carbons (Fsp3) is 0.0870. The lowest BCUT2D eigenvalue weighted by Crippen LogP contribution is -2.29. The molecule has 0 aliphatic carbocycles. The predicted molar refractivity (Wildman–Crippen MR) is 129 cm³/mol. The highest BCUT2D eigenvalue weighted by Crippen LogP contribution is 2.30. The molecule has 176 valence electrons. The van der Waals surface area contributed by atoms with Crippen LogP contribution in [0.2, 0.25) is 0 Å². The van der Waals surface area contributed by atoms with Crippen molar-refractivity contribution in [2.75, 3.05) is 10.6 Å². The van der Waals surface area contributed by atoms with Crippen LogP contribution < -0.4 is 4.72 Å². The first-order valence-electron chi connectivity index (χ1n) is 10.4. The van der Waals surface area contributed by atoms with Crippen LogP contribution in [0.15, 0.2) is 82.8 Å². The molecule has 2 heterocycles. The first-order chi connectivity index (χ1) is 16.8. The maximum atomic E-state index is 13.0. The number of amides is 2. The van der Waals surface area contributed by atoms with Gasteiger partial charge in [0.1, 0.15) is 0 Å². The second-order valence-electron chi connectivity index (χ2n) is 7.70. The van der Waals surface area contributed by atoms with Crippen molar-refractivity contribution >= 4 is 39.3 Å². The highest BCUT2D eigenvalue weighted by molar-refractivity contribution is 7.99. The van der Waals surface area contributed by atoms with Gasteiger partial charge in [0.2, 0.25) is 5.16 Å². The molecular weight excluding hydrogens is 488 g/mol. The molecule has 4 aromatic rings. The Morgan fingerprint density at radius 1 is 0.914 bits per heavy atom. The van der Waals surface area contributed by atoms with Gasteiger partial charge in [0.05, 0.1) is 27.6 Å². The Balaban J connectivity index is 1.33. The summed E-state index contributed by atoms with van der Waals surface area (Å²) in [5, 5.41) is 12.0. The van der Waals surface area contributed by atoms with Crippen molar-refractivity contribution in [1.82, 2.24) is 25.1 Å². The van der Waals surface area contributed by atoms with Gasteiger partial charge in [0.25, 0.3) is 21.8 Å². The third-order valence-corrected chi connectivity index (χ3v) is 7.62. The first kappa shape index (κ1) is 22.7. The van der Waals surface area contributed by atoms with Crippen LogP contribution in [0.25, 0.3) is 5.69 Å². The van der Waals surface area contributed by atoms with E-state index in [1.54, 1.807) is 12.1 Å². The number of aromatic nitrogens is 4. The molecule has 0 saturated carbocycles. The van der Waals surface area contributed by atoms with Gasteiger partial charge in [-0.15, -0.1) is 5.10 Å². The van der Waals surface area contributed by atoms with Crippen LogP contribution in [0.1, 0.15) is 26.3 Å². The lowest BCUT2D eigenvalue weighted by atomic mass is 10.1. The minimum absolute atomic E-state index is 0.00994. The first-order valence-corrected chi connectivity index (χ1v) is 12.9. The molecule has 2 amide bonds. The van der Waals surface area contributed by atoms with Crippen LogP contribution in [-0.2, 0) is 10.0 Å². The molecule has 10 nitrogen and oxygen atoms in total. The summed E-state index contributed by atoms with van der Waals surface area (Å²) >= 11 is 1.14. The van der Waals surface area contributed by atoms with Gasteiger partial charge in [-0.1, -0.05) is 47.7 Å². The van der Waals surface area contributed by atoms with Crippen LogP contribution >= 0.6 is 11.8 Å². The number of nitrogens with one attached hydrogen (secondary N) is 1. The quantitative estimate of drug-likeness (QED) is 0.299. The van der Waals surface area contributed by atoms with Crippen molar-refractivity contribution in [1.29, 1.82) is 0 Å². The van der Waals surface area contributed by atoms with Gasteiger partial charge in [0.15, 0.2) is 0 Å². The SMILES string of the molecule is Cc1ccc(S(=O)(=O)Nc2ccc3c(c2)C(=O)N(CSc2nnnn2-c2ccccc2)C3=O)cc1. The van der Waals surface area contributed by atoms with Gasteiger partial charge >= 0.3 is 0 Å². The van der Waals surface area contributed by atoms with Crippen molar-refractivity contribution in [3.05, 3.63) is 89.5 Å². The zero-order valence-corrected chi connectivity index (χ0v) is 20.0. The number of hydrogen-bond donors (Lipinski definition) is 1. The van der Waals surface area contributed by atoms with Gasteiger partial charge in [0, 0.05) is 5.69 Å². The average molecular weight is 507 g/mol. The van der Waals surface area contributed by atoms with Gasteiger partial charge < -0.3 is 0 Å². The van der Waals surface area contributed by atoms with Crippen molar-refractivity contribution < 1.29 is 18.0 Å². The summed E-state index contributed by atoms with van der Waals surface area (Å²) in [5.74, 6) is -0.999. The van der Waals surface area contributed by atoms with E-state index in [-0.39, 0.29) is 27.6 Å². The number of tetrazole rings is 1. The number of fused-ring (bicyclic) bond motifs is 1. The molecule has 35 heavy (non-hydrogen) atoms. The molecule has 0 saturated heterocycles. The molecule has 0 radical (unpaired) electrons. The summed E-state index contributed by atoms with van der Waals surface area (Å²) in [7, 11) is -3.85. The molecule has 1 aliphatic heterocycles. The lowest BCUT2D eigenvalue weighted by molar-refractivity contribution is 0.0684. The van der Waals surface area contributed by atoms with E-state index in [0.29, 0.717) is 5.16 Å². The lowest BCUT2D eigenvalue weighted by Gasteiger charge is -2.12. The highest BCUT2D eigenvalue weighted by Gasteiger charge is 2.36. The third kappa shape index (κ3) is 4.40. The van der Waals surface area contributed by atoms with Gasteiger partial charge in [-0.2, -0.15) is 4.68 Å². The smallest absolute Gasteiger partial charge is 0.262 e. The van der Waals surface area contributed by atoms with E-state index in [0.717, 1.165) is 27.9 Å². The zero-order chi connectivity index (χ0) is 24.6. The molecule has 1 aromatic heterocycles. The van der Waals surface area contributed by atoms with Crippen LogP contribution in [0, 0.1) is 6.92 Å². The van der Waals surface area contributed by atoms with E-state index in [2.05, 4.69) is 20.2 Å². The molecule has 0 spiro atoms. The Labute approximate surface area is 205 Å². The van der Waals surface area contributed by atoms with Crippen LogP contribution in [0.4, 0.5) is 5.69 Å². The van der Waals surface area contributed by atoms with Crippen LogP contribution in [-0.4, -0.2) is 51.2 Å². The number of anilines is 1. The molecule has 0 atom stereocenters. The van der Waals surface area contributed by atoms with E-state index >= 15 is 0 Å². The number of carbonyl (C=O) groups is 2. The second kappa shape index (κ2) is 8.96. The molecule has 0 fully saturated rings. The summed E-state index contributed by atoms with van der Waals surface area (Å²) in [4.78, 5) is 27.0. The Hall–Kier alpha value is -4.03. The Morgan fingerprint density at radius 2 is 1.63 bits per heavy atom.